The Kier molecular flexibility index (Phi) is 3.89. The minimum atomic E-state index is -3.02. The summed E-state index contributed by atoms with van der Waals surface area (Å²) in [6.07, 6.45) is 0.688. The van der Waals surface area contributed by atoms with Crippen LogP contribution in [0.5, 0.6) is 0 Å². The molecule has 0 aromatic heterocycles. The summed E-state index contributed by atoms with van der Waals surface area (Å²) >= 11 is 0. The van der Waals surface area contributed by atoms with E-state index in [1.54, 1.807) is 0 Å². The predicted molar refractivity (Wildman–Crippen MR) is 68.2 cm³/mol. The average Bonchev–Trinajstić information content (AvgIpc) is 2.33. The van der Waals surface area contributed by atoms with Gasteiger partial charge >= 0.3 is 5.97 Å². The molecule has 0 saturated carbocycles. The molecule has 0 spiro atoms. The normalized spacial score (nSPS) is 20.9. The zero-order valence-electron chi connectivity index (χ0n) is 10.3. The SMILES string of the molecule is O=C(O)C(c1ccc(F)cc1)C1CCS(=O)(=O)CC1. The molecule has 2 rings (SSSR count). The van der Waals surface area contributed by atoms with Gasteiger partial charge in [-0.15, -0.1) is 0 Å². The van der Waals surface area contributed by atoms with Crippen LogP contribution in [0.25, 0.3) is 0 Å². The van der Waals surface area contributed by atoms with Crippen molar-refractivity contribution < 1.29 is 22.7 Å². The molecule has 1 aliphatic heterocycles. The van der Waals surface area contributed by atoms with Crippen molar-refractivity contribution in [3.63, 3.8) is 0 Å². The fraction of sp³-hybridized carbons (Fsp3) is 0.462. The number of rotatable bonds is 3. The lowest BCUT2D eigenvalue weighted by atomic mass is 9.82. The maximum absolute atomic E-state index is 12.9. The number of halogens is 1. The van der Waals surface area contributed by atoms with E-state index in [9.17, 15) is 22.7 Å². The van der Waals surface area contributed by atoms with Crippen LogP contribution in [0, 0.1) is 11.7 Å². The Balaban J connectivity index is 2.22. The standard InChI is InChI=1S/C13H15FO4S/c14-11-3-1-9(2-4-11)12(13(15)16)10-5-7-19(17,18)8-6-10/h1-4,10,12H,5-8H2,(H,15,16). The molecule has 0 radical (unpaired) electrons. The Labute approximate surface area is 111 Å². The van der Waals surface area contributed by atoms with Gasteiger partial charge in [-0.25, -0.2) is 12.8 Å². The highest BCUT2D eigenvalue weighted by Crippen LogP contribution is 2.33. The molecule has 0 bridgehead atoms. The van der Waals surface area contributed by atoms with E-state index in [4.69, 9.17) is 0 Å². The Morgan fingerprint density at radius 2 is 1.74 bits per heavy atom. The maximum Gasteiger partial charge on any atom is 0.311 e. The number of hydrogen-bond donors (Lipinski definition) is 1. The summed E-state index contributed by atoms with van der Waals surface area (Å²) in [6, 6.07) is 5.37. The molecule has 1 saturated heterocycles. The number of carboxylic acid groups (broad SMARTS) is 1. The van der Waals surface area contributed by atoms with Crippen LogP contribution in [0.2, 0.25) is 0 Å². The zero-order valence-corrected chi connectivity index (χ0v) is 11.1. The topological polar surface area (TPSA) is 71.4 Å². The summed E-state index contributed by atoms with van der Waals surface area (Å²) in [4.78, 5) is 11.4. The highest BCUT2D eigenvalue weighted by atomic mass is 32.2. The third-order valence-electron chi connectivity index (χ3n) is 3.57. The van der Waals surface area contributed by atoms with E-state index in [1.807, 2.05) is 0 Å². The molecule has 1 N–H and O–H groups in total. The Bertz CT molecular complexity index is 551. The molecule has 1 unspecified atom stereocenters. The molecule has 1 aromatic rings. The highest BCUT2D eigenvalue weighted by molar-refractivity contribution is 7.91. The minimum absolute atomic E-state index is 0.0304. The second-order valence-electron chi connectivity index (χ2n) is 4.86. The van der Waals surface area contributed by atoms with Gasteiger partial charge in [0.05, 0.1) is 17.4 Å². The van der Waals surface area contributed by atoms with Gasteiger partial charge in [0.2, 0.25) is 0 Å². The van der Waals surface area contributed by atoms with Crippen LogP contribution in [0.3, 0.4) is 0 Å². The molecule has 1 heterocycles. The van der Waals surface area contributed by atoms with Crippen molar-refractivity contribution in [1.29, 1.82) is 0 Å². The van der Waals surface area contributed by atoms with Crippen LogP contribution in [0.4, 0.5) is 4.39 Å². The second-order valence-corrected chi connectivity index (χ2v) is 7.16. The van der Waals surface area contributed by atoms with Gasteiger partial charge in [0.25, 0.3) is 0 Å². The lowest BCUT2D eigenvalue weighted by Gasteiger charge is -2.27. The van der Waals surface area contributed by atoms with E-state index in [-0.39, 0.29) is 17.4 Å². The molecule has 0 amide bonds. The van der Waals surface area contributed by atoms with Crippen molar-refractivity contribution in [1.82, 2.24) is 0 Å². The van der Waals surface area contributed by atoms with Gasteiger partial charge in [0, 0.05) is 0 Å². The highest BCUT2D eigenvalue weighted by Gasteiger charge is 2.34. The van der Waals surface area contributed by atoms with Crippen LogP contribution < -0.4 is 0 Å². The number of sulfone groups is 1. The first kappa shape index (κ1) is 14.0. The summed E-state index contributed by atoms with van der Waals surface area (Å²) in [5.41, 5.74) is 0.526. The smallest absolute Gasteiger partial charge is 0.311 e. The molecule has 19 heavy (non-hydrogen) atoms. The molecular formula is C13H15FO4S. The zero-order chi connectivity index (χ0) is 14.0. The van der Waals surface area contributed by atoms with Crippen molar-refractivity contribution >= 4 is 15.8 Å². The van der Waals surface area contributed by atoms with Crippen LogP contribution in [-0.4, -0.2) is 31.0 Å². The predicted octanol–water partition coefficient (Wildman–Crippen LogP) is 1.82. The number of aliphatic carboxylic acids is 1. The first-order valence-corrected chi connectivity index (χ1v) is 7.90. The summed E-state index contributed by atoms with van der Waals surface area (Å²) < 4.78 is 35.6. The van der Waals surface area contributed by atoms with Crippen LogP contribution in [0.15, 0.2) is 24.3 Å². The number of carboxylic acids is 1. The molecule has 1 aromatic carbocycles. The van der Waals surface area contributed by atoms with E-state index in [0.29, 0.717) is 18.4 Å². The largest absolute Gasteiger partial charge is 0.481 e. The van der Waals surface area contributed by atoms with Crippen molar-refractivity contribution in [2.24, 2.45) is 5.92 Å². The Morgan fingerprint density at radius 1 is 1.21 bits per heavy atom. The molecular weight excluding hydrogens is 271 g/mol. The summed E-state index contributed by atoms with van der Waals surface area (Å²) in [6.45, 7) is 0. The summed E-state index contributed by atoms with van der Waals surface area (Å²) in [7, 11) is -3.02. The van der Waals surface area contributed by atoms with Crippen molar-refractivity contribution in [3.05, 3.63) is 35.6 Å². The average molecular weight is 286 g/mol. The van der Waals surface area contributed by atoms with E-state index in [2.05, 4.69) is 0 Å². The quantitative estimate of drug-likeness (QED) is 0.920. The Morgan fingerprint density at radius 3 is 2.21 bits per heavy atom. The lowest BCUT2D eigenvalue weighted by molar-refractivity contribution is -0.140. The minimum Gasteiger partial charge on any atom is -0.481 e. The molecule has 1 fully saturated rings. The number of benzene rings is 1. The second kappa shape index (κ2) is 5.28. The van der Waals surface area contributed by atoms with Crippen LogP contribution in [-0.2, 0) is 14.6 Å². The van der Waals surface area contributed by atoms with Gasteiger partial charge in [-0.05, 0) is 36.5 Å². The van der Waals surface area contributed by atoms with E-state index in [1.165, 1.54) is 24.3 Å². The Hall–Kier alpha value is -1.43. The maximum atomic E-state index is 12.9. The number of carbonyl (C=O) groups is 1. The van der Waals surface area contributed by atoms with E-state index >= 15 is 0 Å². The van der Waals surface area contributed by atoms with Gasteiger partial charge in [0.15, 0.2) is 0 Å². The fourth-order valence-electron chi connectivity index (χ4n) is 2.53. The number of hydrogen-bond acceptors (Lipinski definition) is 3. The fourth-order valence-corrected chi connectivity index (χ4v) is 4.06. The first-order valence-electron chi connectivity index (χ1n) is 6.08. The van der Waals surface area contributed by atoms with Gasteiger partial charge in [-0.1, -0.05) is 12.1 Å². The van der Waals surface area contributed by atoms with Gasteiger partial charge in [-0.3, -0.25) is 4.79 Å². The molecule has 6 heteroatoms. The van der Waals surface area contributed by atoms with E-state index < -0.39 is 27.5 Å². The molecule has 104 valence electrons. The third kappa shape index (κ3) is 3.32. The molecule has 1 aliphatic rings. The molecule has 4 nitrogen and oxygen atoms in total. The monoisotopic (exact) mass is 286 g/mol. The van der Waals surface area contributed by atoms with Crippen LogP contribution >= 0.6 is 0 Å². The van der Waals surface area contributed by atoms with Crippen molar-refractivity contribution in [2.45, 2.75) is 18.8 Å². The van der Waals surface area contributed by atoms with Gasteiger partial charge < -0.3 is 5.11 Å². The summed E-state index contributed by atoms with van der Waals surface area (Å²) in [5, 5.41) is 9.34. The molecule has 0 aliphatic carbocycles. The molecule has 1 atom stereocenters. The third-order valence-corrected chi connectivity index (χ3v) is 5.28. The van der Waals surface area contributed by atoms with Crippen molar-refractivity contribution in [3.8, 4) is 0 Å². The lowest BCUT2D eigenvalue weighted by Crippen LogP contribution is -2.30. The van der Waals surface area contributed by atoms with Crippen molar-refractivity contribution in [2.75, 3.05) is 11.5 Å². The first-order chi connectivity index (χ1) is 8.89. The van der Waals surface area contributed by atoms with Crippen LogP contribution in [0.1, 0.15) is 24.3 Å². The van der Waals surface area contributed by atoms with E-state index in [0.717, 1.165) is 0 Å². The van der Waals surface area contributed by atoms with Gasteiger partial charge in [-0.2, -0.15) is 0 Å². The summed E-state index contributed by atoms with van der Waals surface area (Å²) in [5.74, 6) is -2.33. The van der Waals surface area contributed by atoms with Gasteiger partial charge in [0.1, 0.15) is 15.7 Å².